The van der Waals surface area contributed by atoms with Gasteiger partial charge in [0.1, 0.15) is 0 Å². The molecule has 0 spiro atoms. The highest BCUT2D eigenvalue weighted by molar-refractivity contribution is 7.16. The number of nitro groups is 1. The second-order valence-electron chi connectivity index (χ2n) is 5.53. The van der Waals surface area contributed by atoms with E-state index in [9.17, 15) is 19.7 Å². The molecule has 0 aliphatic carbocycles. The summed E-state index contributed by atoms with van der Waals surface area (Å²) in [4.78, 5) is 34.9. The molecule has 0 radical (unpaired) electrons. The number of benzene rings is 2. The van der Waals surface area contributed by atoms with Crippen LogP contribution >= 0.6 is 11.3 Å². The summed E-state index contributed by atoms with van der Waals surface area (Å²) < 4.78 is 0. The molecule has 8 nitrogen and oxygen atoms in total. The summed E-state index contributed by atoms with van der Waals surface area (Å²) in [5.41, 5.74) is 3.80. The molecule has 9 heteroatoms. The Kier molecular flexibility index (Phi) is 5.87. The van der Waals surface area contributed by atoms with Gasteiger partial charge in [-0.25, -0.2) is 5.43 Å². The molecule has 0 unspecified atom stereocenters. The Hall–Kier alpha value is -3.85. The van der Waals surface area contributed by atoms with E-state index >= 15 is 0 Å². The summed E-state index contributed by atoms with van der Waals surface area (Å²) >= 11 is 0.954. The van der Waals surface area contributed by atoms with Crippen LogP contribution in [-0.4, -0.2) is 23.0 Å². The van der Waals surface area contributed by atoms with Gasteiger partial charge in [-0.05, 0) is 42.5 Å². The molecule has 1 aromatic heterocycles. The van der Waals surface area contributed by atoms with E-state index in [1.165, 1.54) is 12.3 Å². The van der Waals surface area contributed by atoms with Crippen molar-refractivity contribution in [3.63, 3.8) is 0 Å². The minimum absolute atomic E-state index is 0.000847. The summed E-state index contributed by atoms with van der Waals surface area (Å²) in [6, 6.07) is 18.0. The van der Waals surface area contributed by atoms with E-state index in [0.29, 0.717) is 21.7 Å². The summed E-state index contributed by atoms with van der Waals surface area (Å²) in [5.74, 6) is -0.685. The fourth-order valence-electron chi connectivity index (χ4n) is 2.23. The fraction of sp³-hybridized carbons (Fsp3) is 0. The van der Waals surface area contributed by atoms with Crippen LogP contribution in [0.1, 0.15) is 25.6 Å². The molecule has 0 aliphatic rings. The number of hydrogen-bond donors (Lipinski definition) is 2. The quantitative estimate of drug-likeness (QED) is 0.377. The first-order chi connectivity index (χ1) is 13.5. The van der Waals surface area contributed by atoms with Crippen molar-refractivity contribution in [3.8, 4) is 0 Å². The van der Waals surface area contributed by atoms with E-state index in [4.69, 9.17) is 0 Å². The number of rotatable bonds is 6. The number of thiophene rings is 1. The van der Waals surface area contributed by atoms with Crippen LogP contribution in [0.4, 0.5) is 10.7 Å². The van der Waals surface area contributed by atoms with E-state index in [0.717, 1.165) is 11.3 Å². The molecule has 2 N–H and O–H groups in total. The van der Waals surface area contributed by atoms with Crippen LogP contribution in [0.15, 0.2) is 71.8 Å². The third kappa shape index (κ3) is 4.86. The molecule has 140 valence electrons. The number of hydrazone groups is 1. The molecule has 3 rings (SSSR count). The molecule has 28 heavy (non-hydrogen) atoms. The molecule has 0 aliphatic heterocycles. The number of hydrogen-bond acceptors (Lipinski definition) is 6. The highest BCUT2D eigenvalue weighted by Gasteiger charge is 2.09. The maximum Gasteiger partial charge on any atom is 0.324 e. The first kappa shape index (κ1) is 18.9. The van der Waals surface area contributed by atoms with Gasteiger partial charge in [-0.2, -0.15) is 5.10 Å². The SMILES string of the molecule is O=C(NN=Cc1ccc([N+](=O)[O-])s1)c1ccc(NC(=O)c2ccccc2)cc1. The topological polar surface area (TPSA) is 114 Å². The van der Waals surface area contributed by atoms with Gasteiger partial charge in [-0.15, -0.1) is 0 Å². The van der Waals surface area contributed by atoms with Gasteiger partial charge in [0, 0.05) is 22.9 Å². The number of nitrogens with one attached hydrogen (secondary N) is 2. The lowest BCUT2D eigenvalue weighted by molar-refractivity contribution is -0.380. The zero-order chi connectivity index (χ0) is 19.9. The monoisotopic (exact) mass is 394 g/mol. The van der Waals surface area contributed by atoms with E-state index in [1.54, 1.807) is 54.6 Å². The Morgan fingerprint density at radius 2 is 1.61 bits per heavy atom. The molecular formula is C19H14N4O4S. The van der Waals surface area contributed by atoms with Gasteiger partial charge >= 0.3 is 5.00 Å². The minimum Gasteiger partial charge on any atom is -0.322 e. The van der Waals surface area contributed by atoms with Crippen molar-refractivity contribution in [1.29, 1.82) is 0 Å². The second-order valence-corrected chi connectivity index (χ2v) is 6.62. The average Bonchev–Trinajstić information content (AvgIpc) is 3.18. The first-order valence-corrected chi connectivity index (χ1v) is 8.88. The number of nitrogens with zero attached hydrogens (tertiary/aromatic N) is 2. The van der Waals surface area contributed by atoms with Crippen LogP contribution < -0.4 is 10.7 Å². The Labute approximate surface area is 163 Å². The van der Waals surface area contributed by atoms with Crippen LogP contribution in [0, 0.1) is 10.1 Å². The fourth-order valence-corrected chi connectivity index (χ4v) is 2.92. The van der Waals surface area contributed by atoms with Gasteiger partial charge < -0.3 is 5.32 Å². The Morgan fingerprint density at radius 3 is 2.25 bits per heavy atom. The van der Waals surface area contributed by atoms with Crippen molar-refractivity contribution in [2.24, 2.45) is 5.10 Å². The molecule has 1 heterocycles. The zero-order valence-corrected chi connectivity index (χ0v) is 15.2. The summed E-state index contributed by atoms with van der Waals surface area (Å²) in [6.45, 7) is 0. The van der Waals surface area contributed by atoms with Gasteiger partial charge in [-0.3, -0.25) is 19.7 Å². The highest BCUT2D eigenvalue weighted by atomic mass is 32.1. The summed E-state index contributed by atoms with van der Waals surface area (Å²) in [5, 5.41) is 17.2. The van der Waals surface area contributed by atoms with Crippen LogP contribution in [-0.2, 0) is 0 Å². The Morgan fingerprint density at radius 1 is 0.929 bits per heavy atom. The standard InChI is InChI=1S/C19H14N4O4S/c24-18(13-4-2-1-3-5-13)21-15-8-6-14(7-9-15)19(25)22-20-12-16-10-11-17(28-16)23(26)27/h1-12H,(H,21,24)(H,22,25). The lowest BCUT2D eigenvalue weighted by Gasteiger charge is -2.06. The lowest BCUT2D eigenvalue weighted by atomic mass is 10.2. The molecule has 2 aromatic carbocycles. The number of carbonyl (C=O) groups excluding carboxylic acids is 2. The van der Waals surface area contributed by atoms with Gasteiger partial charge in [0.2, 0.25) is 0 Å². The normalized spacial score (nSPS) is 10.6. The molecule has 0 atom stereocenters. The molecule has 0 fully saturated rings. The Balaban J connectivity index is 1.56. The predicted molar refractivity (Wildman–Crippen MR) is 107 cm³/mol. The van der Waals surface area contributed by atoms with Crippen molar-refractivity contribution in [2.45, 2.75) is 0 Å². The predicted octanol–water partition coefficient (Wildman–Crippen LogP) is 3.67. The van der Waals surface area contributed by atoms with Crippen molar-refractivity contribution < 1.29 is 14.5 Å². The highest BCUT2D eigenvalue weighted by Crippen LogP contribution is 2.22. The number of carbonyl (C=O) groups is 2. The smallest absolute Gasteiger partial charge is 0.322 e. The van der Waals surface area contributed by atoms with Gasteiger partial charge in [0.15, 0.2) is 0 Å². The summed E-state index contributed by atoms with van der Waals surface area (Å²) in [7, 11) is 0. The van der Waals surface area contributed by atoms with Crippen molar-refractivity contribution >= 4 is 40.1 Å². The van der Waals surface area contributed by atoms with Gasteiger partial charge in [-0.1, -0.05) is 29.5 Å². The van der Waals surface area contributed by atoms with E-state index in [1.807, 2.05) is 6.07 Å². The van der Waals surface area contributed by atoms with Crippen LogP contribution in [0.3, 0.4) is 0 Å². The molecule has 0 saturated carbocycles. The minimum atomic E-state index is -0.487. The third-order valence-corrected chi connectivity index (χ3v) is 4.56. The second kappa shape index (κ2) is 8.69. The van der Waals surface area contributed by atoms with E-state index in [-0.39, 0.29) is 10.9 Å². The largest absolute Gasteiger partial charge is 0.324 e. The molecular weight excluding hydrogens is 380 g/mol. The lowest BCUT2D eigenvalue weighted by Crippen LogP contribution is -2.17. The molecule has 0 bridgehead atoms. The Bertz CT molecular complexity index is 1030. The van der Waals surface area contributed by atoms with Gasteiger partial charge in [0.25, 0.3) is 11.8 Å². The molecule has 2 amide bonds. The maximum atomic E-state index is 12.1. The van der Waals surface area contributed by atoms with E-state index < -0.39 is 10.8 Å². The van der Waals surface area contributed by atoms with Gasteiger partial charge in [0.05, 0.1) is 16.0 Å². The van der Waals surface area contributed by atoms with Crippen molar-refractivity contribution in [2.75, 3.05) is 5.32 Å². The number of amides is 2. The first-order valence-electron chi connectivity index (χ1n) is 8.07. The average molecular weight is 394 g/mol. The molecule has 0 saturated heterocycles. The number of anilines is 1. The maximum absolute atomic E-state index is 12.1. The van der Waals surface area contributed by atoms with Crippen LogP contribution in [0.5, 0.6) is 0 Å². The van der Waals surface area contributed by atoms with Crippen molar-refractivity contribution in [3.05, 3.63) is 92.8 Å². The summed E-state index contributed by atoms with van der Waals surface area (Å²) in [6.07, 6.45) is 1.34. The van der Waals surface area contributed by atoms with Crippen LogP contribution in [0.2, 0.25) is 0 Å². The zero-order valence-electron chi connectivity index (χ0n) is 14.4. The third-order valence-electron chi connectivity index (χ3n) is 3.59. The van der Waals surface area contributed by atoms with E-state index in [2.05, 4.69) is 15.8 Å². The van der Waals surface area contributed by atoms with Crippen molar-refractivity contribution in [1.82, 2.24) is 5.43 Å². The van der Waals surface area contributed by atoms with Crippen LogP contribution in [0.25, 0.3) is 0 Å². The molecule has 3 aromatic rings.